The van der Waals surface area contributed by atoms with Gasteiger partial charge in [0.05, 0.1) is 19.4 Å². The molecule has 0 radical (unpaired) electrons. The van der Waals surface area contributed by atoms with Gasteiger partial charge in [-0.15, -0.1) is 0 Å². The fourth-order valence-electron chi connectivity index (χ4n) is 1.62. The van der Waals surface area contributed by atoms with Gasteiger partial charge in [0.1, 0.15) is 0 Å². The second-order valence-corrected chi connectivity index (χ2v) is 3.53. The summed E-state index contributed by atoms with van der Waals surface area (Å²) in [5.41, 5.74) is 1.59. The highest BCUT2D eigenvalue weighted by Gasteiger charge is 2.39. The molecule has 0 unspecified atom stereocenters. The van der Waals surface area contributed by atoms with Gasteiger partial charge in [-0.3, -0.25) is 4.68 Å². The maximum Gasteiger partial charge on any atom is 0.0586 e. The van der Waals surface area contributed by atoms with Crippen LogP contribution in [0.5, 0.6) is 0 Å². The number of aromatic nitrogens is 2. The molecule has 66 valence electrons. The number of aryl methyl sites for hydroxylation is 1. The van der Waals surface area contributed by atoms with Gasteiger partial charge in [-0.05, 0) is 6.42 Å². The quantitative estimate of drug-likeness (QED) is 0.657. The van der Waals surface area contributed by atoms with Crippen molar-refractivity contribution in [2.24, 2.45) is 7.05 Å². The number of nitrogens with zero attached hydrogens (tertiary/aromatic N) is 2. The van der Waals surface area contributed by atoms with E-state index in [2.05, 4.69) is 18.2 Å². The van der Waals surface area contributed by atoms with E-state index in [-0.39, 0.29) is 5.41 Å². The van der Waals surface area contributed by atoms with Crippen molar-refractivity contribution in [3.05, 3.63) is 18.0 Å². The number of ether oxygens (including phenoxy) is 1. The third kappa shape index (κ3) is 0.966. The Morgan fingerprint density at radius 2 is 2.42 bits per heavy atom. The van der Waals surface area contributed by atoms with Crippen LogP contribution < -0.4 is 0 Å². The lowest BCUT2D eigenvalue weighted by molar-refractivity contribution is -0.0620. The first-order valence-corrected chi connectivity index (χ1v) is 4.34. The van der Waals surface area contributed by atoms with E-state index in [1.165, 1.54) is 5.56 Å². The molecule has 3 heteroatoms. The van der Waals surface area contributed by atoms with Crippen LogP contribution >= 0.6 is 0 Å². The van der Waals surface area contributed by atoms with Gasteiger partial charge in [0.2, 0.25) is 0 Å². The summed E-state index contributed by atoms with van der Waals surface area (Å²) in [5.74, 6) is 0. The molecule has 3 nitrogen and oxygen atoms in total. The van der Waals surface area contributed by atoms with E-state index >= 15 is 0 Å². The Labute approximate surface area is 72.3 Å². The van der Waals surface area contributed by atoms with Gasteiger partial charge in [-0.2, -0.15) is 5.10 Å². The topological polar surface area (TPSA) is 27.1 Å². The van der Waals surface area contributed by atoms with Crippen LogP contribution in [0.2, 0.25) is 0 Å². The lowest BCUT2D eigenvalue weighted by Crippen LogP contribution is -2.45. The molecule has 1 aliphatic rings. The SMILES string of the molecule is CCC1(c2cnn(C)c2)COC1. The highest BCUT2D eigenvalue weighted by molar-refractivity contribution is 5.22. The Morgan fingerprint density at radius 1 is 1.67 bits per heavy atom. The van der Waals surface area contributed by atoms with Gasteiger partial charge >= 0.3 is 0 Å². The van der Waals surface area contributed by atoms with E-state index in [4.69, 9.17) is 4.74 Å². The minimum Gasteiger partial charge on any atom is -0.379 e. The molecule has 0 aromatic carbocycles. The minimum absolute atomic E-state index is 0.272. The van der Waals surface area contributed by atoms with E-state index in [1.54, 1.807) is 0 Å². The molecule has 0 saturated carbocycles. The Bertz CT molecular complexity index is 270. The lowest BCUT2D eigenvalue weighted by Gasteiger charge is -2.40. The van der Waals surface area contributed by atoms with E-state index in [0.717, 1.165) is 19.6 Å². The summed E-state index contributed by atoms with van der Waals surface area (Å²) < 4.78 is 7.11. The first-order valence-electron chi connectivity index (χ1n) is 4.34. The van der Waals surface area contributed by atoms with Gasteiger partial charge in [0.15, 0.2) is 0 Å². The standard InChI is InChI=1S/C9H14N2O/c1-3-9(6-12-7-9)8-4-10-11(2)5-8/h4-5H,3,6-7H2,1-2H3. The molecule has 2 rings (SSSR count). The van der Waals surface area contributed by atoms with Crippen molar-refractivity contribution < 1.29 is 4.74 Å². The van der Waals surface area contributed by atoms with Crippen molar-refractivity contribution in [2.45, 2.75) is 18.8 Å². The van der Waals surface area contributed by atoms with Crippen LogP contribution in [0.15, 0.2) is 12.4 Å². The van der Waals surface area contributed by atoms with Crippen molar-refractivity contribution in [3.63, 3.8) is 0 Å². The van der Waals surface area contributed by atoms with E-state index in [9.17, 15) is 0 Å². The Morgan fingerprint density at radius 3 is 2.75 bits per heavy atom. The molecule has 0 N–H and O–H groups in total. The summed E-state index contributed by atoms with van der Waals surface area (Å²) in [6, 6.07) is 0. The van der Waals surface area contributed by atoms with E-state index < -0.39 is 0 Å². The van der Waals surface area contributed by atoms with Crippen LogP contribution in [0.25, 0.3) is 0 Å². The zero-order chi connectivity index (χ0) is 8.60. The molecule has 0 spiro atoms. The molecule has 0 atom stereocenters. The summed E-state index contributed by atoms with van der Waals surface area (Å²) in [6.07, 6.45) is 5.18. The zero-order valence-corrected chi connectivity index (χ0v) is 7.58. The normalized spacial score (nSPS) is 20.5. The van der Waals surface area contributed by atoms with Crippen molar-refractivity contribution in [2.75, 3.05) is 13.2 Å². The molecule has 1 fully saturated rings. The van der Waals surface area contributed by atoms with Crippen molar-refractivity contribution >= 4 is 0 Å². The number of hydrogen-bond donors (Lipinski definition) is 0. The van der Waals surface area contributed by atoms with Gasteiger partial charge in [-0.25, -0.2) is 0 Å². The highest BCUT2D eigenvalue weighted by atomic mass is 16.5. The third-order valence-corrected chi connectivity index (χ3v) is 2.75. The molecule has 0 aliphatic carbocycles. The maximum absolute atomic E-state index is 5.26. The van der Waals surface area contributed by atoms with Gasteiger partial charge in [0.25, 0.3) is 0 Å². The molecule has 0 bridgehead atoms. The Kier molecular flexibility index (Phi) is 1.68. The lowest BCUT2D eigenvalue weighted by atomic mass is 9.78. The molecule has 1 aromatic rings. The molecule has 1 aromatic heterocycles. The summed E-state index contributed by atoms with van der Waals surface area (Å²) in [4.78, 5) is 0. The average molecular weight is 166 g/mol. The van der Waals surface area contributed by atoms with Crippen molar-refractivity contribution in [1.29, 1.82) is 0 Å². The molecule has 1 saturated heterocycles. The molecular weight excluding hydrogens is 152 g/mol. The van der Waals surface area contributed by atoms with Gasteiger partial charge in [0, 0.05) is 24.2 Å². The minimum atomic E-state index is 0.272. The Hall–Kier alpha value is -0.830. The first kappa shape index (κ1) is 7.80. The number of rotatable bonds is 2. The fourth-order valence-corrected chi connectivity index (χ4v) is 1.62. The van der Waals surface area contributed by atoms with Crippen molar-refractivity contribution in [3.8, 4) is 0 Å². The van der Waals surface area contributed by atoms with Crippen LogP contribution in [-0.2, 0) is 17.2 Å². The summed E-state index contributed by atoms with van der Waals surface area (Å²) in [6.45, 7) is 3.92. The molecule has 1 aliphatic heterocycles. The number of hydrogen-bond acceptors (Lipinski definition) is 2. The largest absolute Gasteiger partial charge is 0.379 e. The van der Waals surface area contributed by atoms with Crippen molar-refractivity contribution in [1.82, 2.24) is 9.78 Å². The first-order chi connectivity index (χ1) is 5.77. The van der Waals surface area contributed by atoms with E-state index in [0.29, 0.717) is 0 Å². The molecule has 12 heavy (non-hydrogen) atoms. The monoisotopic (exact) mass is 166 g/mol. The molecular formula is C9H14N2O. The highest BCUT2D eigenvalue weighted by Crippen LogP contribution is 2.34. The zero-order valence-electron chi connectivity index (χ0n) is 7.58. The molecule has 0 amide bonds. The second-order valence-electron chi connectivity index (χ2n) is 3.53. The predicted molar refractivity (Wildman–Crippen MR) is 46.0 cm³/mol. The summed E-state index contributed by atoms with van der Waals surface area (Å²) in [5, 5.41) is 4.17. The van der Waals surface area contributed by atoms with Gasteiger partial charge in [-0.1, -0.05) is 6.92 Å². The summed E-state index contributed by atoms with van der Waals surface area (Å²) in [7, 11) is 1.95. The Balaban J connectivity index is 2.27. The summed E-state index contributed by atoms with van der Waals surface area (Å²) >= 11 is 0. The van der Waals surface area contributed by atoms with Gasteiger partial charge < -0.3 is 4.74 Å². The van der Waals surface area contributed by atoms with E-state index in [1.807, 2.05) is 17.9 Å². The molecule has 2 heterocycles. The van der Waals surface area contributed by atoms with Crippen LogP contribution in [-0.4, -0.2) is 23.0 Å². The average Bonchev–Trinajstić information content (AvgIpc) is 2.35. The smallest absolute Gasteiger partial charge is 0.0586 e. The van der Waals surface area contributed by atoms with Crippen LogP contribution in [0.3, 0.4) is 0 Å². The second kappa shape index (κ2) is 2.59. The third-order valence-electron chi connectivity index (χ3n) is 2.75. The fraction of sp³-hybridized carbons (Fsp3) is 0.667. The van der Waals surface area contributed by atoms with Crippen LogP contribution in [0.1, 0.15) is 18.9 Å². The van der Waals surface area contributed by atoms with Crippen LogP contribution in [0, 0.1) is 0 Å². The predicted octanol–water partition coefficient (Wildman–Crippen LogP) is 1.10. The maximum atomic E-state index is 5.26. The van der Waals surface area contributed by atoms with Crippen LogP contribution in [0.4, 0.5) is 0 Å².